The summed E-state index contributed by atoms with van der Waals surface area (Å²) in [6.45, 7) is 3.84. The zero-order valence-corrected chi connectivity index (χ0v) is 9.71. The van der Waals surface area contributed by atoms with Crippen molar-refractivity contribution in [2.45, 2.75) is 32.1 Å². The van der Waals surface area contributed by atoms with Crippen LogP contribution in [-0.2, 0) is 14.2 Å². The van der Waals surface area contributed by atoms with E-state index in [1.54, 1.807) is 21.3 Å². The van der Waals surface area contributed by atoms with Crippen molar-refractivity contribution in [1.82, 2.24) is 5.32 Å². The topological polar surface area (TPSA) is 39.7 Å². The number of nitrogens with one attached hydrogen (secondary N) is 1. The molecule has 4 nitrogen and oxygen atoms in total. The zero-order chi connectivity index (χ0) is 10.8. The van der Waals surface area contributed by atoms with Crippen LogP contribution in [0.2, 0.25) is 0 Å². The maximum atomic E-state index is 5.13. The van der Waals surface area contributed by atoms with Crippen LogP contribution >= 0.6 is 0 Å². The van der Waals surface area contributed by atoms with E-state index in [4.69, 9.17) is 14.2 Å². The van der Waals surface area contributed by atoms with Crippen molar-refractivity contribution in [2.75, 3.05) is 34.5 Å². The van der Waals surface area contributed by atoms with Crippen LogP contribution in [0.3, 0.4) is 0 Å². The molecule has 0 aromatic heterocycles. The van der Waals surface area contributed by atoms with E-state index in [0.717, 1.165) is 26.0 Å². The molecule has 1 N–H and O–H groups in total. The monoisotopic (exact) mass is 205 g/mol. The molecule has 0 aromatic carbocycles. The van der Waals surface area contributed by atoms with Gasteiger partial charge in [0.2, 0.25) is 0 Å². The summed E-state index contributed by atoms with van der Waals surface area (Å²) in [5.41, 5.74) is 0. The Balaban J connectivity index is 3.37. The van der Waals surface area contributed by atoms with Gasteiger partial charge in [0.1, 0.15) is 0 Å². The molecule has 14 heavy (non-hydrogen) atoms. The molecule has 0 saturated carbocycles. The molecule has 1 atom stereocenters. The molecule has 0 aromatic rings. The van der Waals surface area contributed by atoms with Crippen LogP contribution in [0.1, 0.15) is 19.8 Å². The van der Waals surface area contributed by atoms with Gasteiger partial charge >= 0.3 is 0 Å². The number of rotatable bonds is 9. The van der Waals surface area contributed by atoms with Gasteiger partial charge in [-0.1, -0.05) is 0 Å². The van der Waals surface area contributed by atoms with Crippen molar-refractivity contribution in [1.29, 1.82) is 0 Å². The van der Waals surface area contributed by atoms with Gasteiger partial charge in [0, 0.05) is 27.9 Å². The predicted molar refractivity (Wildman–Crippen MR) is 56.4 cm³/mol. The molecule has 0 spiro atoms. The quantitative estimate of drug-likeness (QED) is 0.450. The summed E-state index contributed by atoms with van der Waals surface area (Å²) in [5, 5.41) is 3.34. The first kappa shape index (κ1) is 13.8. The third kappa shape index (κ3) is 6.32. The van der Waals surface area contributed by atoms with Gasteiger partial charge in [-0.05, 0) is 26.3 Å². The minimum absolute atomic E-state index is 0.169. The Hall–Kier alpha value is -0.160. The highest BCUT2D eigenvalue weighted by Crippen LogP contribution is 1.98. The second-order valence-electron chi connectivity index (χ2n) is 3.28. The summed E-state index contributed by atoms with van der Waals surface area (Å²) >= 11 is 0. The molecule has 0 fully saturated rings. The van der Waals surface area contributed by atoms with Crippen molar-refractivity contribution in [3.05, 3.63) is 0 Å². The highest BCUT2D eigenvalue weighted by atomic mass is 16.7. The zero-order valence-electron chi connectivity index (χ0n) is 9.71. The lowest BCUT2D eigenvalue weighted by atomic mass is 10.2. The highest BCUT2D eigenvalue weighted by Gasteiger charge is 2.13. The third-order valence-electron chi connectivity index (χ3n) is 2.11. The molecule has 0 aliphatic heterocycles. The van der Waals surface area contributed by atoms with Crippen molar-refractivity contribution in [2.24, 2.45) is 0 Å². The molecule has 0 rings (SSSR count). The van der Waals surface area contributed by atoms with Gasteiger partial charge in [-0.2, -0.15) is 0 Å². The first-order chi connectivity index (χ1) is 6.76. The molecule has 0 amide bonds. The van der Waals surface area contributed by atoms with Gasteiger partial charge in [0.25, 0.3) is 0 Å². The maximum absolute atomic E-state index is 5.13. The smallest absolute Gasteiger partial charge is 0.171 e. The number of ether oxygens (including phenoxy) is 3. The summed E-state index contributed by atoms with van der Waals surface area (Å²) < 4.78 is 15.2. The molecule has 0 aliphatic carbocycles. The first-order valence-electron chi connectivity index (χ1n) is 5.04. The van der Waals surface area contributed by atoms with Crippen molar-refractivity contribution >= 4 is 0 Å². The van der Waals surface area contributed by atoms with Crippen LogP contribution in [0.25, 0.3) is 0 Å². The van der Waals surface area contributed by atoms with Crippen molar-refractivity contribution < 1.29 is 14.2 Å². The van der Waals surface area contributed by atoms with Gasteiger partial charge in [0.05, 0.1) is 6.04 Å². The molecular weight excluding hydrogens is 182 g/mol. The molecule has 0 heterocycles. The number of hydrogen-bond donors (Lipinski definition) is 1. The van der Waals surface area contributed by atoms with Crippen LogP contribution in [0.4, 0.5) is 0 Å². The lowest BCUT2D eigenvalue weighted by molar-refractivity contribution is -0.119. The normalized spacial score (nSPS) is 13.5. The lowest BCUT2D eigenvalue weighted by Gasteiger charge is -2.22. The SMILES string of the molecule is COCCCCNC(C)C(OC)OC. The van der Waals surface area contributed by atoms with Gasteiger partial charge in [-0.25, -0.2) is 0 Å². The standard InChI is InChI=1S/C10H23NO3/c1-9(10(13-3)14-4)11-7-5-6-8-12-2/h9-11H,5-8H2,1-4H3. The van der Waals surface area contributed by atoms with E-state index >= 15 is 0 Å². The number of methoxy groups -OCH3 is 3. The third-order valence-corrected chi connectivity index (χ3v) is 2.11. The fraction of sp³-hybridized carbons (Fsp3) is 1.00. The van der Waals surface area contributed by atoms with Crippen molar-refractivity contribution in [3.63, 3.8) is 0 Å². The number of hydrogen-bond acceptors (Lipinski definition) is 4. The summed E-state index contributed by atoms with van der Waals surface area (Å²) in [6, 6.07) is 0.215. The van der Waals surface area contributed by atoms with Crippen LogP contribution in [0.15, 0.2) is 0 Å². The second-order valence-corrected chi connectivity index (χ2v) is 3.28. The van der Waals surface area contributed by atoms with Crippen LogP contribution < -0.4 is 5.32 Å². The molecule has 4 heteroatoms. The van der Waals surface area contributed by atoms with E-state index < -0.39 is 0 Å². The van der Waals surface area contributed by atoms with E-state index in [1.165, 1.54) is 0 Å². The predicted octanol–water partition coefficient (Wildman–Crippen LogP) is 1.01. The number of unbranched alkanes of at least 4 members (excludes halogenated alkanes) is 1. The van der Waals surface area contributed by atoms with Gasteiger partial charge in [-0.3, -0.25) is 0 Å². The van der Waals surface area contributed by atoms with E-state index in [2.05, 4.69) is 5.32 Å². The second kappa shape index (κ2) is 9.40. The maximum Gasteiger partial charge on any atom is 0.171 e. The Morgan fingerprint density at radius 2 is 1.71 bits per heavy atom. The van der Waals surface area contributed by atoms with E-state index in [9.17, 15) is 0 Å². The van der Waals surface area contributed by atoms with Crippen LogP contribution in [0.5, 0.6) is 0 Å². The fourth-order valence-corrected chi connectivity index (χ4v) is 1.30. The minimum atomic E-state index is -0.169. The molecule has 0 radical (unpaired) electrons. The largest absolute Gasteiger partial charge is 0.385 e. The summed E-state index contributed by atoms with van der Waals surface area (Å²) in [5.74, 6) is 0. The summed E-state index contributed by atoms with van der Waals surface area (Å²) in [7, 11) is 5.02. The van der Waals surface area contributed by atoms with Gasteiger partial charge in [-0.15, -0.1) is 0 Å². The molecule has 0 aliphatic rings. The van der Waals surface area contributed by atoms with E-state index in [-0.39, 0.29) is 12.3 Å². The van der Waals surface area contributed by atoms with Gasteiger partial charge < -0.3 is 19.5 Å². The fourth-order valence-electron chi connectivity index (χ4n) is 1.30. The average molecular weight is 205 g/mol. The molecular formula is C10H23NO3. The minimum Gasteiger partial charge on any atom is -0.385 e. The lowest BCUT2D eigenvalue weighted by Crippen LogP contribution is -2.40. The first-order valence-corrected chi connectivity index (χ1v) is 5.04. The Kier molecular flexibility index (Phi) is 9.29. The summed E-state index contributed by atoms with van der Waals surface area (Å²) in [6.07, 6.45) is 2.02. The Morgan fingerprint density at radius 3 is 2.21 bits per heavy atom. The molecule has 0 bridgehead atoms. The molecule has 86 valence electrons. The Labute approximate surface area is 86.9 Å². The molecule has 0 saturated heterocycles. The van der Waals surface area contributed by atoms with E-state index in [1.807, 2.05) is 6.92 Å². The Morgan fingerprint density at radius 1 is 1.07 bits per heavy atom. The Bertz CT molecular complexity index is 118. The molecule has 1 unspecified atom stereocenters. The van der Waals surface area contributed by atoms with Crippen LogP contribution in [0, 0.1) is 0 Å². The van der Waals surface area contributed by atoms with Crippen molar-refractivity contribution in [3.8, 4) is 0 Å². The van der Waals surface area contributed by atoms with E-state index in [0.29, 0.717) is 0 Å². The van der Waals surface area contributed by atoms with Crippen LogP contribution in [-0.4, -0.2) is 46.8 Å². The average Bonchev–Trinajstić information content (AvgIpc) is 2.19. The van der Waals surface area contributed by atoms with Gasteiger partial charge in [0.15, 0.2) is 6.29 Å². The summed E-state index contributed by atoms with van der Waals surface area (Å²) in [4.78, 5) is 0. The highest BCUT2D eigenvalue weighted by molar-refractivity contribution is 4.64.